The van der Waals surface area contributed by atoms with Crippen LogP contribution in [0.25, 0.3) is 0 Å². The molecule has 1 atom stereocenters. The number of rotatable bonds is 6. The predicted octanol–water partition coefficient (Wildman–Crippen LogP) is 3.16. The number of hydrogen-bond acceptors (Lipinski definition) is 3. The summed E-state index contributed by atoms with van der Waals surface area (Å²) >= 11 is 0. The van der Waals surface area contributed by atoms with Crippen LogP contribution in [-0.2, 0) is 0 Å². The summed E-state index contributed by atoms with van der Waals surface area (Å²) < 4.78 is 13.9. The van der Waals surface area contributed by atoms with Gasteiger partial charge in [0, 0.05) is 38.4 Å². The molecule has 1 aromatic rings. The fourth-order valence-electron chi connectivity index (χ4n) is 3.98. The summed E-state index contributed by atoms with van der Waals surface area (Å²) in [6.45, 7) is 5.46. The lowest BCUT2D eigenvalue weighted by atomic mass is 10.0. The largest absolute Gasteiger partial charge is 0.357 e. The first-order valence-electron chi connectivity index (χ1n) is 9.60. The number of nitrogens with one attached hydrogen (secondary N) is 2. The second-order valence-electron chi connectivity index (χ2n) is 7.72. The van der Waals surface area contributed by atoms with Crippen LogP contribution in [0, 0.1) is 17.2 Å². The van der Waals surface area contributed by atoms with Gasteiger partial charge in [-0.05, 0) is 62.5 Å². The fourth-order valence-corrected chi connectivity index (χ4v) is 3.98. The summed E-state index contributed by atoms with van der Waals surface area (Å²) in [5.41, 5.74) is 0.515. The van der Waals surface area contributed by atoms with Crippen molar-refractivity contribution in [3.63, 3.8) is 0 Å². The molecule has 0 amide bonds. The lowest BCUT2D eigenvalue weighted by molar-refractivity contribution is 0.451. The molecule has 3 fully saturated rings. The van der Waals surface area contributed by atoms with Gasteiger partial charge in [0.05, 0.1) is 0 Å². The zero-order chi connectivity index (χ0) is 17.3. The summed E-state index contributed by atoms with van der Waals surface area (Å²) in [5.74, 6) is 2.04. The van der Waals surface area contributed by atoms with Gasteiger partial charge in [0.2, 0.25) is 0 Å². The molecule has 26 heavy (non-hydrogen) atoms. The number of halogens is 2. The first kappa shape index (κ1) is 19.6. The Kier molecular flexibility index (Phi) is 6.25. The van der Waals surface area contributed by atoms with Crippen LogP contribution in [0.1, 0.15) is 39.0 Å². The maximum absolute atomic E-state index is 13.9. The minimum absolute atomic E-state index is 0. The van der Waals surface area contributed by atoms with Crippen LogP contribution in [0.3, 0.4) is 0 Å². The summed E-state index contributed by atoms with van der Waals surface area (Å²) in [7, 11) is 0. The number of aliphatic imine (C=N–C) groups is 1. The Morgan fingerprint density at radius 1 is 1.38 bits per heavy atom. The zero-order valence-corrected chi connectivity index (χ0v) is 17.7. The molecule has 2 N–H and O–H groups in total. The van der Waals surface area contributed by atoms with Gasteiger partial charge in [-0.3, -0.25) is 4.99 Å². The molecule has 0 spiro atoms. The highest BCUT2D eigenvalue weighted by atomic mass is 127. The van der Waals surface area contributed by atoms with Gasteiger partial charge in [-0.1, -0.05) is 0 Å². The minimum Gasteiger partial charge on any atom is -0.357 e. The van der Waals surface area contributed by atoms with E-state index < -0.39 is 0 Å². The van der Waals surface area contributed by atoms with Crippen molar-refractivity contribution in [1.82, 2.24) is 15.6 Å². The summed E-state index contributed by atoms with van der Waals surface area (Å²) in [4.78, 5) is 11.1. The zero-order valence-electron chi connectivity index (χ0n) is 15.4. The molecule has 1 aliphatic heterocycles. The maximum atomic E-state index is 13.9. The molecule has 2 aliphatic carbocycles. The summed E-state index contributed by atoms with van der Waals surface area (Å²) in [5, 5.41) is 6.91. The second-order valence-corrected chi connectivity index (χ2v) is 7.72. The molecule has 0 bridgehead atoms. The molecule has 0 aromatic carbocycles. The number of pyridine rings is 1. The quantitative estimate of drug-likeness (QED) is 0.379. The molecular formula is C19H29FIN5. The van der Waals surface area contributed by atoms with Crippen LogP contribution in [0.4, 0.5) is 10.2 Å². The third kappa shape index (κ3) is 4.40. The molecule has 1 saturated heterocycles. The third-order valence-corrected chi connectivity index (χ3v) is 5.80. The van der Waals surface area contributed by atoms with E-state index in [4.69, 9.17) is 4.99 Å². The first-order chi connectivity index (χ1) is 12.2. The molecule has 4 rings (SSSR count). The predicted molar refractivity (Wildman–Crippen MR) is 114 cm³/mol. The molecule has 1 unspecified atom stereocenters. The van der Waals surface area contributed by atoms with E-state index in [9.17, 15) is 4.39 Å². The smallest absolute Gasteiger partial charge is 0.191 e. The van der Waals surface area contributed by atoms with Gasteiger partial charge < -0.3 is 15.5 Å². The topological polar surface area (TPSA) is 52.6 Å². The Balaban J connectivity index is 0.00000196. The van der Waals surface area contributed by atoms with Crippen molar-refractivity contribution in [3.05, 3.63) is 24.1 Å². The van der Waals surface area contributed by atoms with Crippen LogP contribution >= 0.6 is 24.0 Å². The molecule has 0 radical (unpaired) electrons. The Labute approximate surface area is 172 Å². The van der Waals surface area contributed by atoms with Crippen molar-refractivity contribution in [2.75, 3.05) is 31.1 Å². The van der Waals surface area contributed by atoms with E-state index in [2.05, 4.69) is 22.5 Å². The van der Waals surface area contributed by atoms with E-state index in [0.717, 1.165) is 44.5 Å². The third-order valence-electron chi connectivity index (χ3n) is 5.80. The van der Waals surface area contributed by atoms with E-state index in [0.29, 0.717) is 11.2 Å². The number of hydrogen-bond donors (Lipinski definition) is 2. The van der Waals surface area contributed by atoms with Gasteiger partial charge in [0.25, 0.3) is 0 Å². The van der Waals surface area contributed by atoms with Gasteiger partial charge >= 0.3 is 0 Å². The van der Waals surface area contributed by atoms with E-state index in [1.165, 1.54) is 31.7 Å². The van der Waals surface area contributed by atoms with Gasteiger partial charge in [0.1, 0.15) is 0 Å². The average Bonchev–Trinajstić information content (AvgIpc) is 3.52. The van der Waals surface area contributed by atoms with E-state index in [1.807, 2.05) is 4.90 Å². The van der Waals surface area contributed by atoms with Crippen molar-refractivity contribution < 1.29 is 4.39 Å². The number of anilines is 1. The molecule has 144 valence electrons. The van der Waals surface area contributed by atoms with E-state index in [1.54, 1.807) is 12.3 Å². The summed E-state index contributed by atoms with van der Waals surface area (Å²) in [6.07, 6.45) is 8.10. The molecule has 5 nitrogen and oxygen atoms in total. The Hall–Kier alpha value is -1.12. The van der Waals surface area contributed by atoms with Crippen molar-refractivity contribution >= 4 is 35.8 Å². The molecular weight excluding hydrogens is 444 g/mol. The molecule has 2 saturated carbocycles. The number of aromatic nitrogens is 1. The van der Waals surface area contributed by atoms with Gasteiger partial charge in [-0.2, -0.15) is 0 Å². The van der Waals surface area contributed by atoms with Crippen LogP contribution in [-0.4, -0.2) is 43.2 Å². The van der Waals surface area contributed by atoms with Crippen molar-refractivity contribution in [3.8, 4) is 0 Å². The maximum Gasteiger partial charge on any atom is 0.191 e. The number of guanidine groups is 1. The minimum atomic E-state index is -0.246. The molecule has 2 heterocycles. The lowest BCUT2D eigenvalue weighted by Gasteiger charge is -2.20. The van der Waals surface area contributed by atoms with Crippen LogP contribution in [0.2, 0.25) is 0 Å². The monoisotopic (exact) mass is 473 g/mol. The highest BCUT2D eigenvalue weighted by Gasteiger charge is 2.53. The highest BCUT2D eigenvalue weighted by Crippen LogP contribution is 2.61. The molecule has 1 aromatic heterocycles. The SMILES string of the molecule is CCNC(=NCC1(C2CC2)CC1)NC1CCN(c2ncccc2F)C1.I. The number of nitrogens with zero attached hydrogens (tertiary/aromatic N) is 3. The van der Waals surface area contributed by atoms with Crippen LogP contribution < -0.4 is 15.5 Å². The fraction of sp³-hybridized carbons (Fsp3) is 0.684. The van der Waals surface area contributed by atoms with E-state index in [-0.39, 0.29) is 35.8 Å². The Bertz CT molecular complexity index is 645. The average molecular weight is 473 g/mol. The first-order valence-corrected chi connectivity index (χ1v) is 9.60. The van der Waals surface area contributed by atoms with E-state index >= 15 is 0 Å². The van der Waals surface area contributed by atoms with Crippen LogP contribution in [0.5, 0.6) is 0 Å². The van der Waals surface area contributed by atoms with Gasteiger partial charge in [0.15, 0.2) is 17.6 Å². The van der Waals surface area contributed by atoms with Gasteiger partial charge in [-0.15, -0.1) is 24.0 Å². The van der Waals surface area contributed by atoms with Crippen molar-refractivity contribution in [2.24, 2.45) is 16.3 Å². The summed E-state index contributed by atoms with van der Waals surface area (Å²) in [6, 6.07) is 3.38. The van der Waals surface area contributed by atoms with Crippen molar-refractivity contribution in [1.29, 1.82) is 0 Å². The molecule has 7 heteroatoms. The lowest BCUT2D eigenvalue weighted by Crippen LogP contribution is -2.45. The standard InChI is InChI=1S/C19H28FN5.HI/c1-2-21-18(23-13-19(8-9-19)14-5-6-14)24-15-7-11-25(12-15)17-16(20)4-3-10-22-17;/h3-4,10,14-15H,2,5-9,11-13H2,1H3,(H2,21,23,24);1H. The highest BCUT2D eigenvalue weighted by molar-refractivity contribution is 14.0. The molecule has 3 aliphatic rings. The normalized spacial score (nSPS) is 24.2. The van der Waals surface area contributed by atoms with Gasteiger partial charge in [-0.25, -0.2) is 9.37 Å². The Morgan fingerprint density at radius 2 is 2.19 bits per heavy atom. The second kappa shape index (κ2) is 8.27. The van der Waals surface area contributed by atoms with Crippen LogP contribution in [0.15, 0.2) is 23.3 Å². The Morgan fingerprint density at radius 3 is 2.85 bits per heavy atom. The van der Waals surface area contributed by atoms with Crippen molar-refractivity contribution in [2.45, 2.75) is 45.1 Å².